The number of amides is 1. The first-order valence-electron chi connectivity index (χ1n) is 7.81. The second-order valence-corrected chi connectivity index (χ2v) is 6.87. The van der Waals surface area contributed by atoms with Crippen molar-refractivity contribution in [2.24, 2.45) is 0 Å². The minimum atomic E-state index is -0.0465. The molecule has 0 aliphatic carbocycles. The highest BCUT2D eigenvalue weighted by Gasteiger charge is 2.30. The predicted octanol–water partition coefficient (Wildman–Crippen LogP) is 2.89. The summed E-state index contributed by atoms with van der Waals surface area (Å²) in [7, 11) is 1.64. The summed E-state index contributed by atoms with van der Waals surface area (Å²) in [6.45, 7) is 1.96. The average Bonchev–Trinajstić information content (AvgIpc) is 3.20. The molecule has 0 radical (unpaired) electrons. The maximum atomic E-state index is 12.0. The Bertz CT molecular complexity index is 916. The van der Waals surface area contributed by atoms with Crippen molar-refractivity contribution in [2.45, 2.75) is 12.2 Å². The highest BCUT2D eigenvalue weighted by atomic mass is 32.2. The first kappa shape index (κ1) is 15.8. The van der Waals surface area contributed by atoms with Gasteiger partial charge in [-0.05, 0) is 31.2 Å². The molecule has 0 bridgehead atoms. The van der Waals surface area contributed by atoms with Crippen LogP contribution in [0.4, 0.5) is 5.82 Å². The Hall–Kier alpha value is -2.74. The van der Waals surface area contributed by atoms with E-state index in [0.29, 0.717) is 11.6 Å². The minimum Gasteiger partial charge on any atom is -0.497 e. The van der Waals surface area contributed by atoms with Gasteiger partial charge in [0.2, 0.25) is 5.91 Å². The average molecular weight is 355 g/mol. The molecule has 1 aliphatic rings. The lowest BCUT2D eigenvalue weighted by Crippen LogP contribution is -2.12. The van der Waals surface area contributed by atoms with Crippen LogP contribution in [0.5, 0.6) is 5.75 Å². The van der Waals surface area contributed by atoms with Gasteiger partial charge in [0.15, 0.2) is 5.82 Å². The molecular formula is C17H17N5O2S. The van der Waals surface area contributed by atoms with E-state index in [1.807, 2.05) is 37.4 Å². The normalized spacial score (nSPS) is 16.9. The van der Waals surface area contributed by atoms with Crippen LogP contribution in [0.15, 0.2) is 30.5 Å². The molecule has 1 atom stereocenters. The highest BCUT2D eigenvalue weighted by molar-refractivity contribution is 8.00. The van der Waals surface area contributed by atoms with E-state index in [2.05, 4.69) is 25.7 Å². The molecule has 1 amide bonds. The van der Waals surface area contributed by atoms with Crippen molar-refractivity contribution in [2.75, 3.05) is 18.2 Å². The number of nitrogens with zero attached hydrogens (tertiary/aromatic N) is 2. The van der Waals surface area contributed by atoms with E-state index >= 15 is 0 Å². The molecule has 0 saturated carbocycles. The molecular weight excluding hydrogens is 338 g/mol. The molecule has 3 aromatic rings. The fourth-order valence-corrected chi connectivity index (χ4v) is 4.20. The SMILES string of the molecule is COc1ccc(-c2[nH]ncc2[C@@H]2SCC(=O)Nc3n[nH]c(C)c32)cc1. The van der Waals surface area contributed by atoms with Gasteiger partial charge in [-0.1, -0.05) is 0 Å². The predicted molar refractivity (Wildman–Crippen MR) is 96.8 cm³/mol. The topological polar surface area (TPSA) is 95.7 Å². The lowest BCUT2D eigenvalue weighted by atomic mass is 10.0. The Morgan fingerprint density at radius 2 is 2.04 bits per heavy atom. The third-order valence-electron chi connectivity index (χ3n) is 4.23. The Balaban J connectivity index is 1.79. The largest absolute Gasteiger partial charge is 0.497 e. The van der Waals surface area contributed by atoms with E-state index in [1.54, 1.807) is 18.9 Å². The van der Waals surface area contributed by atoms with Gasteiger partial charge < -0.3 is 10.1 Å². The van der Waals surface area contributed by atoms with Gasteiger partial charge in [0, 0.05) is 22.4 Å². The van der Waals surface area contributed by atoms with Crippen LogP contribution in [0, 0.1) is 6.92 Å². The number of nitrogens with one attached hydrogen (secondary N) is 3. The minimum absolute atomic E-state index is 0.0384. The number of rotatable bonds is 3. The van der Waals surface area contributed by atoms with Gasteiger partial charge in [-0.3, -0.25) is 15.0 Å². The van der Waals surface area contributed by atoms with Gasteiger partial charge in [-0.15, -0.1) is 11.8 Å². The summed E-state index contributed by atoms with van der Waals surface area (Å²) >= 11 is 1.57. The molecule has 2 aromatic heterocycles. The summed E-state index contributed by atoms with van der Waals surface area (Å²) < 4.78 is 5.23. The molecule has 0 fully saturated rings. The van der Waals surface area contributed by atoms with Crippen LogP contribution < -0.4 is 10.1 Å². The quantitative estimate of drug-likeness (QED) is 0.671. The molecule has 128 valence electrons. The van der Waals surface area contributed by atoms with Crippen molar-refractivity contribution in [1.29, 1.82) is 0 Å². The Kier molecular flexibility index (Phi) is 3.96. The van der Waals surface area contributed by atoms with E-state index in [4.69, 9.17) is 4.74 Å². The second kappa shape index (κ2) is 6.29. The van der Waals surface area contributed by atoms with Gasteiger partial charge in [0.1, 0.15) is 5.75 Å². The Morgan fingerprint density at radius 1 is 1.24 bits per heavy atom. The van der Waals surface area contributed by atoms with Crippen molar-refractivity contribution in [1.82, 2.24) is 20.4 Å². The van der Waals surface area contributed by atoms with Gasteiger partial charge in [0.05, 0.1) is 30.0 Å². The molecule has 0 saturated heterocycles. The lowest BCUT2D eigenvalue weighted by molar-refractivity contribution is -0.113. The number of hydrogen-bond acceptors (Lipinski definition) is 5. The summed E-state index contributed by atoms with van der Waals surface area (Å²) in [4.78, 5) is 12.0. The molecule has 1 aliphatic heterocycles. The molecule has 4 rings (SSSR count). The van der Waals surface area contributed by atoms with Crippen molar-refractivity contribution in [3.8, 4) is 17.0 Å². The maximum absolute atomic E-state index is 12.0. The van der Waals surface area contributed by atoms with Crippen molar-refractivity contribution in [3.05, 3.63) is 47.3 Å². The van der Waals surface area contributed by atoms with Crippen LogP contribution in [0.3, 0.4) is 0 Å². The van der Waals surface area contributed by atoms with E-state index in [0.717, 1.165) is 33.8 Å². The van der Waals surface area contributed by atoms with E-state index in [9.17, 15) is 4.79 Å². The van der Waals surface area contributed by atoms with Crippen molar-refractivity contribution in [3.63, 3.8) is 0 Å². The molecule has 1 aromatic carbocycles. The number of anilines is 1. The molecule has 25 heavy (non-hydrogen) atoms. The molecule has 7 nitrogen and oxygen atoms in total. The zero-order valence-corrected chi connectivity index (χ0v) is 14.6. The van der Waals surface area contributed by atoms with Gasteiger partial charge in [-0.25, -0.2) is 0 Å². The number of carbonyl (C=O) groups is 1. The zero-order chi connectivity index (χ0) is 17.4. The van der Waals surface area contributed by atoms with Crippen molar-refractivity contribution < 1.29 is 9.53 Å². The monoisotopic (exact) mass is 355 g/mol. The smallest absolute Gasteiger partial charge is 0.235 e. The second-order valence-electron chi connectivity index (χ2n) is 5.78. The van der Waals surface area contributed by atoms with E-state index < -0.39 is 0 Å². The van der Waals surface area contributed by atoms with Gasteiger partial charge in [0.25, 0.3) is 0 Å². The van der Waals surface area contributed by atoms with Gasteiger partial charge >= 0.3 is 0 Å². The number of aryl methyl sites for hydroxylation is 1. The first-order chi connectivity index (χ1) is 12.2. The number of methoxy groups -OCH3 is 1. The number of H-pyrrole nitrogens is 2. The third kappa shape index (κ3) is 2.78. The molecule has 3 N–H and O–H groups in total. The van der Waals surface area contributed by atoms with Crippen LogP contribution in [-0.2, 0) is 4.79 Å². The number of ether oxygens (including phenoxy) is 1. The number of fused-ring (bicyclic) bond motifs is 1. The van der Waals surface area contributed by atoms with E-state index in [1.165, 1.54) is 0 Å². The van der Waals surface area contributed by atoms with Crippen LogP contribution in [0.2, 0.25) is 0 Å². The van der Waals surface area contributed by atoms with E-state index in [-0.39, 0.29) is 11.2 Å². The standard InChI is InChI=1S/C17H17N5O2S/c1-9-14-16(25-8-13(23)19-17(14)22-20-9)12-7-18-21-15(12)10-3-5-11(24-2)6-4-10/h3-7,16H,8H2,1-2H3,(H,18,21)(H2,19,20,22,23)/t16-/m0/s1. The van der Waals surface area contributed by atoms with Crippen LogP contribution >= 0.6 is 11.8 Å². The Morgan fingerprint density at radius 3 is 2.80 bits per heavy atom. The Labute approximate surface area is 148 Å². The summed E-state index contributed by atoms with van der Waals surface area (Å²) in [5.41, 5.74) is 4.90. The molecule has 3 heterocycles. The van der Waals surface area contributed by atoms with Crippen molar-refractivity contribution >= 4 is 23.5 Å². The summed E-state index contributed by atoms with van der Waals surface area (Å²) in [5, 5.41) is 17.4. The number of aromatic amines is 2. The summed E-state index contributed by atoms with van der Waals surface area (Å²) in [6, 6.07) is 7.81. The fraction of sp³-hybridized carbons (Fsp3) is 0.235. The maximum Gasteiger partial charge on any atom is 0.235 e. The molecule has 0 spiro atoms. The number of aromatic nitrogens is 4. The lowest BCUT2D eigenvalue weighted by Gasteiger charge is -2.15. The van der Waals surface area contributed by atoms with Crippen LogP contribution in [0.1, 0.15) is 22.1 Å². The molecule has 8 heteroatoms. The zero-order valence-electron chi connectivity index (χ0n) is 13.8. The first-order valence-corrected chi connectivity index (χ1v) is 8.86. The number of hydrogen-bond donors (Lipinski definition) is 3. The number of thioether (sulfide) groups is 1. The van der Waals surface area contributed by atoms with Gasteiger partial charge in [-0.2, -0.15) is 10.2 Å². The number of carbonyl (C=O) groups excluding carboxylic acids is 1. The molecule has 0 unspecified atom stereocenters. The third-order valence-corrected chi connectivity index (χ3v) is 5.48. The fourth-order valence-electron chi connectivity index (χ4n) is 2.99. The highest BCUT2D eigenvalue weighted by Crippen LogP contribution is 2.44. The summed E-state index contributed by atoms with van der Waals surface area (Å²) in [6.07, 6.45) is 1.82. The summed E-state index contributed by atoms with van der Waals surface area (Å²) in [5.74, 6) is 1.72. The van der Waals surface area contributed by atoms with Crippen LogP contribution in [0.25, 0.3) is 11.3 Å². The number of benzene rings is 1. The van der Waals surface area contributed by atoms with Crippen LogP contribution in [-0.4, -0.2) is 39.2 Å².